The molecule has 0 aliphatic rings. The van der Waals surface area contributed by atoms with Crippen LogP contribution in [0.15, 0.2) is 60.7 Å². The van der Waals surface area contributed by atoms with Gasteiger partial charge in [-0.05, 0) is 29.3 Å². The van der Waals surface area contributed by atoms with Crippen molar-refractivity contribution in [1.29, 1.82) is 0 Å². The van der Waals surface area contributed by atoms with Crippen LogP contribution in [0.25, 0.3) is 0 Å². The summed E-state index contributed by atoms with van der Waals surface area (Å²) >= 11 is 0. The van der Waals surface area contributed by atoms with Crippen LogP contribution in [0.1, 0.15) is 34.6 Å². The van der Waals surface area contributed by atoms with Gasteiger partial charge in [-0.25, -0.2) is 0 Å². The van der Waals surface area contributed by atoms with Gasteiger partial charge in [-0.15, -0.1) is 0 Å². The van der Waals surface area contributed by atoms with E-state index < -0.39 is 8.32 Å². The summed E-state index contributed by atoms with van der Waals surface area (Å²) in [4.78, 5) is 11.7. The number of hydrogen-bond donors (Lipinski definition) is 1. The van der Waals surface area contributed by atoms with E-state index in [2.05, 4.69) is 81.5 Å². The molecule has 0 bridgehead atoms. The van der Waals surface area contributed by atoms with Gasteiger partial charge in [0.15, 0.2) is 0 Å². The van der Waals surface area contributed by atoms with E-state index in [4.69, 9.17) is 9.16 Å². The van der Waals surface area contributed by atoms with Crippen LogP contribution in [0.3, 0.4) is 0 Å². The molecule has 0 heterocycles. The number of methoxy groups -OCH3 is 1. The molecule has 28 heavy (non-hydrogen) atoms. The second-order valence-electron chi connectivity index (χ2n) is 8.24. The van der Waals surface area contributed by atoms with Crippen LogP contribution < -0.4 is 15.7 Å². The molecule has 0 unspecified atom stereocenters. The predicted octanol–water partition coefficient (Wildman–Crippen LogP) is 3.10. The Hall–Kier alpha value is -1.95. The second kappa shape index (κ2) is 9.50. The molecule has 2 aromatic carbocycles. The lowest BCUT2D eigenvalue weighted by Crippen LogP contribution is -2.68. The van der Waals surface area contributed by atoms with Crippen molar-refractivity contribution in [3.8, 4) is 0 Å². The van der Waals surface area contributed by atoms with Gasteiger partial charge in [0.1, 0.15) is 6.04 Å². The fourth-order valence-corrected chi connectivity index (χ4v) is 8.34. The van der Waals surface area contributed by atoms with Crippen LogP contribution in [-0.4, -0.2) is 40.1 Å². The molecule has 0 aliphatic heterocycles. The summed E-state index contributed by atoms with van der Waals surface area (Å²) in [5.41, 5.74) is 0. The Labute approximate surface area is 170 Å². The third-order valence-corrected chi connectivity index (χ3v) is 10.2. The minimum Gasteiger partial charge on any atom is -0.468 e. The van der Waals surface area contributed by atoms with Crippen molar-refractivity contribution in [1.82, 2.24) is 5.32 Å². The Morgan fingerprint density at radius 1 is 0.964 bits per heavy atom. The van der Waals surface area contributed by atoms with Crippen LogP contribution in [0.4, 0.5) is 0 Å². The molecule has 0 aromatic heterocycles. The van der Waals surface area contributed by atoms with E-state index >= 15 is 0 Å². The standard InChI is InChI=1S/C23H33NO3Si/c1-18(17-24-19(2)22(25)26-6)27-28(23(3,4)5,20-13-9-7-10-14-20)21-15-11-8-12-16-21/h7-16,18-19,24H,17H2,1-6H3/t18-,19+/m1/s1. The molecule has 0 radical (unpaired) electrons. The topological polar surface area (TPSA) is 47.6 Å². The van der Waals surface area contributed by atoms with E-state index in [1.54, 1.807) is 6.92 Å². The Balaban J connectivity index is 2.40. The average Bonchev–Trinajstić information content (AvgIpc) is 2.69. The van der Waals surface area contributed by atoms with E-state index in [0.29, 0.717) is 6.54 Å². The van der Waals surface area contributed by atoms with Crippen LogP contribution in [0.2, 0.25) is 5.04 Å². The van der Waals surface area contributed by atoms with Crippen molar-refractivity contribution in [2.75, 3.05) is 13.7 Å². The summed E-state index contributed by atoms with van der Waals surface area (Å²) in [6.45, 7) is 11.2. The second-order valence-corrected chi connectivity index (χ2v) is 12.5. The van der Waals surface area contributed by atoms with Crippen molar-refractivity contribution < 1.29 is 14.0 Å². The zero-order chi connectivity index (χ0) is 20.8. The zero-order valence-corrected chi connectivity index (χ0v) is 18.9. The summed E-state index contributed by atoms with van der Waals surface area (Å²) in [6.07, 6.45) is -0.0709. The predicted molar refractivity (Wildman–Crippen MR) is 118 cm³/mol. The van der Waals surface area contributed by atoms with E-state index in [0.717, 1.165) is 0 Å². The molecule has 0 spiro atoms. The number of nitrogens with one attached hydrogen (secondary N) is 1. The van der Waals surface area contributed by atoms with Crippen molar-refractivity contribution in [3.05, 3.63) is 60.7 Å². The highest BCUT2D eigenvalue weighted by atomic mass is 28.4. The number of benzene rings is 2. The molecule has 5 heteroatoms. The molecule has 1 N–H and O–H groups in total. The molecular weight excluding hydrogens is 366 g/mol. The number of carbonyl (C=O) groups is 1. The van der Waals surface area contributed by atoms with Gasteiger partial charge >= 0.3 is 5.97 Å². The van der Waals surface area contributed by atoms with Gasteiger partial charge in [-0.2, -0.15) is 0 Å². The Bertz CT molecular complexity index is 704. The maximum atomic E-state index is 11.7. The number of ether oxygens (including phenoxy) is 1. The average molecular weight is 400 g/mol. The third kappa shape index (κ3) is 4.90. The van der Waals surface area contributed by atoms with Gasteiger partial charge in [0, 0.05) is 6.54 Å². The molecule has 2 aromatic rings. The maximum absolute atomic E-state index is 11.7. The monoisotopic (exact) mass is 399 g/mol. The van der Waals surface area contributed by atoms with Gasteiger partial charge in [0.2, 0.25) is 0 Å². The van der Waals surface area contributed by atoms with Crippen LogP contribution in [-0.2, 0) is 14.0 Å². The summed E-state index contributed by atoms with van der Waals surface area (Å²) in [5, 5.41) is 5.66. The smallest absolute Gasteiger partial charge is 0.322 e. The van der Waals surface area contributed by atoms with Crippen molar-refractivity contribution in [3.63, 3.8) is 0 Å². The zero-order valence-electron chi connectivity index (χ0n) is 17.9. The first-order valence-electron chi connectivity index (χ1n) is 9.82. The highest BCUT2D eigenvalue weighted by molar-refractivity contribution is 6.99. The number of hydrogen-bond acceptors (Lipinski definition) is 4. The van der Waals surface area contributed by atoms with E-state index in [9.17, 15) is 4.79 Å². The third-order valence-electron chi connectivity index (χ3n) is 5.06. The first-order chi connectivity index (χ1) is 13.2. The van der Waals surface area contributed by atoms with E-state index in [1.165, 1.54) is 17.5 Å². The highest BCUT2D eigenvalue weighted by Gasteiger charge is 2.50. The molecule has 2 atom stereocenters. The van der Waals surface area contributed by atoms with Gasteiger partial charge < -0.3 is 14.5 Å². The summed E-state index contributed by atoms with van der Waals surface area (Å²) < 4.78 is 11.8. The Morgan fingerprint density at radius 3 is 1.82 bits per heavy atom. The molecule has 0 saturated carbocycles. The Kier molecular flexibility index (Phi) is 7.58. The summed E-state index contributed by atoms with van der Waals surface area (Å²) in [6, 6.07) is 20.8. The summed E-state index contributed by atoms with van der Waals surface area (Å²) in [7, 11) is -1.17. The Morgan fingerprint density at radius 2 is 1.43 bits per heavy atom. The van der Waals surface area contributed by atoms with Crippen LogP contribution >= 0.6 is 0 Å². The largest absolute Gasteiger partial charge is 0.468 e. The molecular formula is C23H33NO3Si. The minimum atomic E-state index is -2.58. The first-order valence-corrected chi connectivity index (χ1v) is 11.7. The summed E-state index contributed by atoms with van der Waals surface area (Å²) in [5.74, 6) is -0.266. The lowest BCUT2D eigenvalue weighted by Gasteiger charge is -2.44. The van der Waals surface area contributed by atoms with Gasteiger partial charge in [0.05, 0.1) is 13.2 Å². The number of esters is 1. The maximum Gasteiger partial charge on any atom is 0.322 e. The van der Waals surface area contributed by atoms with Gasteiger partial charge in [0.25, 0.3) is 8.32 Å². The molecule has 2 rings (SSSR count). The highest BCUT2D eigenvalue weighted by Crippen LogP contribution is 2.37. The molecule has 0 amide bonds. The van der Waals surface area contributed by atoms with Crippen molar-refractivity contribution in [2.24, 2.45) is 0 Å². The van der Waals surface area contributed by atoms with Gasteiger partial charge in [-0.3, -0.25) is 4.79 Å². The molecule has 0 saturated heterocycles. The SMILES string of the molecule is COC(=O)[C@H](C)NC[C@@H](C)O[Si](c1ccccc1)(c1ccccc1)C(C)(C)C. The molecule has 0 aliphatic carbocycles. The van der Waals surface area contributed by atoms with Crippen LogP contribution in [0, 0.1) is 0 Å². The van der Waals surface area contributed by atoms with Crippen molar-refractivity contribution in [2.45, 2.75) is 51.8 Å². The van der Waals surface area contributed by atoms with E-state index in [-0.39, 0.29) is 23.2 Å². The number of rotatable bonds is 8. The number of carbonyl (C=O) groups excluding carboxylic acids is 1. The molecule has 152 valence electrons. The first kappa shape index (κ1) is 22.3. The quantitative estimate of drug-likeness (QED) is 0.547. The molecule has 0 fully saturated rings. The lowest BCUT2D eigenvalue weighted by atomic mass is 10.2. The fraction of sp³-hybridized carbons (Fsp3) is 0.435. The van der Waals surface area contributed by atoms with Crippen molar-refractivity contribution >= 4 is 24.7 Å². The normalized spacial score (nSPS) is 14.4. The molecule has 4 nitrogen and oxygen atoms in total. The van der Waals surface area contributed by atoms with Gasteiger partial charge in [-0.1, -0.05) is 81.4 Å². The van der Waals surface area contributed by atoms with Crippen LogP contribution in [0.5, 0.6) is 0 Å². The lowest BCUT2D eigenvalue weighted by molar-refractivity contribution is -0.142. The fourth-order valence-electron chi connectivity index (χ4n) is 3.64. The minimum absolute atomic E-state index is 0.0709. The van der Waals surface area contributed by atoms with E-state index in [1.807, 2.05) is 12.1 Å².